The van der Waals surface area contributed by atoms with E-state index in [9.17, 15) is 8.78 Å². The number of hydrogen-bond acceptors (Lipinski definition) is 2. The molecule has 0 aliphatic carbocycles. The molecule has 5 rings (SSSR count). The summed E-state index contributed by atoms with van der Waals surface area (Å²) in [4.78, 5) is 0. The molecule has 0 radical (unpaired) electrons. The van der Waals surface area contributed by atoms with Crippen LogP contribution in [0.3, 0.4) is 0 Å². The monoisotopic (exact) mass is 371 g/mol. The molecule has 0 amide bonds. The summed E-state index contributed by atoms with van der Waals surface area (Å²) in [5.74, 6) is -0.538. The molecule has 0 saturated carbocycles. The lowest BCUT2D eigenvalue weighted by Crippen LogP contribution is -2.05. The van der Waals surface area contributed by atoms with Crippen molar-refractivity contribution in [3.05, 3.63) is 96.2 Å². The Morgan fingerprint density at radius 3 is 2.29 bits per heavy atom. The first-order valence-electron chi connectivity index (χ1n) is 8.94. The van der Waals surface area contributed by atoms with Crippen molar-refractivity contribution in [3.8, 4) is 22.5 Å². The first-order chi connectivity index (χ1) is 13.7. The van der Waals surface area contributed by atoms with Crippen molar-refractivity contribution in [3.63, 3.8) is 0 Å². The summed E-state index contributed by atoms with van der Waals surface area (Å²) in [5.41, 5.74) is 4.65. The van der Waals surface area contributed by atoms with Crippen LogP contribution >= 0.6 is 0 Å². The molecule has 5 heteroatoms. The molecular formula is C23H15F2N3. The minimum absolute atomic E-state index is 0.239. The molecule has 28 heavy (non-hydrogen) atoms. The zero-order chi connectivity index (χ0) is 19.1. The van der Waals surface area contributed by atoms with Crippen LogP contribution in [0.25, 0.3) is 33.4 Å². The average molecular weight is 371 g/mol. The van der Waals surface area contributed by atoms with Gasteiger partial charge in [0, 0.05) is 28.3 Å². The van der Waals surface area contributed by atoms with E-state index in [1.807, 2.05) is 41.1 Å². The minimum Gasteiger partial charge on any atom is -0.342 e. The van der Waals surface area contributed by atoms with Gasteiger partial charge in [-0.05, 0) is 36.4 Å². The SMILES string of the molecule is Fc1ccc(-c2nnc3c4ccccc4n(Cc4ccccc4F)cc2-3)cc1. The first-order valence-corrected chi connectivity index (χ1v) is 8.94. The highest BCUT2D eigenvalue weighted by Gasteiger charge is 2.20. The van der Waals surface area contributed by atoms with Crippen molar-refractivity contribution in [2.75, 3.05) is 0 Å². The van der Waals surface area contributed by atoms with Crippen molar-refractivity contribution in [1.82, 2.24) is 14.8 Å². The predicted molar refractivity (Wildman–Crippen MR) is 105 cm³/mol. The fraction of sp³-hybridized carbons (Fsp3) is 0.0435. The van der Waals surface area contributed by atoms with E-state index in [4.69, 9.17) is 0 Å². The Morgan fingerprint density at radius 1 is 0.750 bits per heavy atom. The zero-order valence-electron chi connectivity index (χ0n) is 14.8. The Balaban J connectivity index is 1.73. The summed E-state index contributed by atoms with van der Waals surface area (Å²) < 4.78 is 29.6. The molecule has 2 aliphatic rings. The number of para-hydroxylation sites is 1. The molecule has 0 spiro atoms. The maximum atomic E-state index is 14.2. The smallest absolute Gasteiger partial charge is 0.128 e. The standard InChI is InChI=1S/C23H15F2N3/c24-17-11-9-15(10-12-17)22-19-14-28(13-16-5-1-3-7-20(16)25)21-8-4-2-6-18(21)23(19)27-26-22/h1-12,14H,13H2. The predicted octanol–water partition coefficient (Wildman–Crippen LogP) is 5.53. The van der Waals surface area contributed by atoms with Gasteiger partial charge in [-0.3, -0.25) is 0 Å². The Kier molecular flexibility index (Phi) is 3.86. The van der Waals surface area contributed by atoms with Gasteiger partial charge in [0.25, 0.3) is 0 Å². The van der Waals surface area contributed by atoms with Crippen molar-refractivity contribution < 1.29 is 8.78 Å². The van der Waals surface area contributed by atoms with Gasteiger partial charge in [0.1, 0.15) is 23.0 Å². The lowest BCUT2D eigenvalue weighted by Gasteiger charge is -2.15. The molecule has 3 aromatic rings. The van der Waals surface area contributed by atoms with Crippen molar-refractivity contribution in [2.24, 2.45) is 0 Å². The molecule has 136 valence electrons. The zero-order valence-corrected chi connectivity index (χ0v) is 14.8. The van der Waals surface area contributed by atoms with Gasteiger partial charge in [-0.25, -0.2) is 8.78 Å². The molecule has 0 fully saturated rings. The van der Waals surface area contributed by atoms with Gasteiger partial charge in [0.15, 0.2) is 0 Å². The van der Waals surface area contributed by atoms with Crippen LogP contribution in [0.5, 0.6) is 0 Å². The Morgan fingerprint density at radius 2 is 1.46 bits per heavy atom. The van der Waals surface area contributed by atoms with Crippen molar-refractivity contribution in [2.45, 2.75) is 6.54 Å². The second-order valence-corrected chi connectivity index (χ2v) is 6.68. The number of pyridine rings is 1. The fourth-order valence-corrected chi connectivity index (χ4v) is 3.55. The Labute approximate surface area is 160 Å². The molecule has 3 nitrogen and oxygen atoms in total. The van der Waals surface area contributed by atoms with E-state index in [1.165, 1.54) is 18.2 Å². The van der Waals surface area contributed by atoms with Crippen LogP contribution in [0.2, 0.25) is 0 Å². The highest BCUT2D eigenvalue weighted by atomic mass is 19.1. The average Bonchev–Trinajstić information content (AvgIpc) is 3.14. The molecule has 0 saturated heterocycles. The third-order valence-corrected chi connectivity index (χ3v) is 4.93. The van der Waals surface area contributed by atoms with E-state index >= 15 is 0 Å². The van der Waals surface area contributed by atoms with Crippen LogP contribution < -0.4 is 0 Å². The summed E-state index contributed by atoms with van der Waals surface area (Å²) in [6.07, 6.45) is 1.95. The highest BCUT2D eigenvalue weighted by molar-refractivity contribution is 5.97. The summed E-state index contributed by atoms with van der Waals surface area (Å²) in [7, 11) is 0. The Bertz CT molecular complexity index is 1260. The lowest BCUT2D eigenvalue weighted by atomic mass is 10.0. The van der Waals surface area contributed by atoms with Crippen LogP contribution in [-0.4, -0.2) is 14.8 Å². The van der Waals surface area contributed by atoms with E-state index in [0.717, 1.165) is 27.7 Å². The van der Waals surface area contributed by atoms with E-state index in [-0.39, 0.29) is 11.6 Å². The summed E-state index contributed by atoms with van der Waals surface area (Å²) in [6, 6.07) is 20.8. The fourth-order valence-electron chi connectivity index (χ4n) is 3.55. The third-order valence-electron chi connectivity index (χ3n) is 4.93. The van der Waals surface area contributed by atoms with E-state index < -0.39 is 0 Å². The number of benzene rings is 3. The molecule has 0 aromatic heterocycles. The number of aromatic nitrogens is 3. The highest BCUT2D eigenvalue weighted by Crippen LogP contribution is 2.36. The first kappa shape index (κ1) is 16.6. The van der Waals surface area contributed by atoms with Gasteiger partial charge in [0.2, 0.25) is 0 Å². The van der Waals surface area contributed by atoms with Crippen LogP contribution in [-0.2, 0) is 6.54 Å². The van der Waals surface area contributed by atoms with Crippen LogP contribution in [0.4, 0.5) is 8.78 Å². The second kappa shape index (κ2) is 6.53. The summed E-state index contributed by atoms with van der Waals surface area (Å²) in [6.45, 7) is 0.386. The Hall–Kier alpha value is -3.60. The number of halogens is 2. The van der Waals surface area contributed by atoms with E-state index in [0.29, 0.717) is 17.8 Å². The van der Waals surface area contributed by atoms with Crippen molar-refractivity contribution in [1.29, 1.82) is 0 Å². The van der Waals surface area contributed by atoms with Crippen molar-refractivity contribution >= 4 is 10.9 Å². The number of nitrogens with zero attached hydrogens (tertiary/aromatic N) is 3. The van der Waals surface area contributed by atoms with Crippen LogP contribution in [0.1, 0.15) is 5.56 Å². The number of rotatable bonds is 3. The largest absolute Gasteiger partial charge is 0.342 e. The van der Waals surface area contributed by atoms with Gasteiger partial charge in [-0.1, -0.05) is 36.4 Å². The molecule has 2 aliphatic heterocycles. The molecule has 0 bridgehead atoms. The van der Waals surface area contributed by atoms with Gasteiger partial charge in [-0.2, -0.15) is 0 Å². The van der Waals surface area contributed by atoms with Gasteiger partial charge in [-0.15, -0.1) is 10.2 Å². The lowest BCUT2D eigenvalue weighted by molar-refractivity contribution is 0.601. The third kappa shape index (κ3) is 2.72. The molecule has 3 aromatic carbocycles. The van der Waals surface area contributed by atoms with Gasteiger partial charge < -0.3 is 4.57 Å². The second-order valence-electron chi connectivity index (χ2n) is 6.68. The van der Waals surface area contributed by atoms with Crippen LogP contribution in [0, 0.1) is 11.6 Å². The number of hydrogen-bond donors (Lipinski definition) is 0. The molecule has 0 unspecified atom stereocenters. The van der Waals surface area contributed by atoms with E-state index in [1.54, 1.807) is 24.3 Å². The maximum absolute atomic E-state index is 14.2. The molecule has 0 N–H and O–H groups in total. The van der Waals surface area contributed by atoms with Gasteiger partial charge >= 0.3 is 0 Å². The summed E-state index contributed by atoms with van der Waals surface area (Å²) in [5, 5.41) is 9.67. The number of fused-ring (bicyclic) bond motifs is 3. The van der Waals surface area contributed by atoms with E-state index in [2.05, 4.69) is 10.2 Å². The molecule has 0 atom stereocenters. The normalized spacial score (nSPS) is 11.4. The maximum Gasteiger partial charge on any atom is 0.128 e. The molecular weight excluding hydrogens is 356 g/mol. The summed E-state index contributed by atoms with van der Waals surface area (Å²) >= 11 is 0. The van der Waals surface area contributed by atoms with Gasteiger partial charge in [0.05, 0.1) is 12.1 Å². The minimum atomic E-state index is -0.298. The van der Waals surface area contributed by atoms with Crippen LogP contribution in [0.15, 0.2) is 79.0 Å². The topological polar surface area (TPSA) is 30.7 Å². The molecule has 2 heterocycles. The quantitative estimate of drug-likeness (QED) is 0.417.